The molecule has 1 fully saturated rings. The van der Waals surface area contributed by atoms with E-state index in [1.54, 1.807) is 11.0 Å². The maximum absolute atomic E-state index is 11.5. The van der Waals surface area contributed by atoms with Gasteiger partial charge in [0.1, 0.15) is 18.7 Å². The number of ketones is 1. The van der Waals surface area contributed by atoms with Gasteiger partial charge in [0.15, 0.2) is 5.78 Å². The van der Waals surface area contributed by atoms with Crippen molar-refractivity contribution in [3.05, 3.63) is 12.7 Å². The molecule has 2 atom stereocenters. The highest BCUT2D eigenvalue weighted by Gasteiger charge is 2.27. The van der Waals surface area contributed by atoms with Gasteiger partial charge in [0.2, 0.25) is 0 Å². The molecule has 70 valence electrons. The molecule has 1 saturated carbocycles. The van der Waals surface area contributed by atoms with Crippen LogP contribution in [0.4, 0.5) is 0 Å². The average Bonchev–Trinajstić information content (AvgIpc) is 2.61. The fourth-order valence-corrected chi connectivity index (χ4v) is 1.82. The highest BCUT2D eigenvalue weighted by Crippen LogP contribution is 2.28. The minimum absolute atomic E-state index is 0.0637. The molecule has 0 unspecified atom stereocenters. The first kappa shape index (κ1) is 8.41. The molecule has 4 nitrogen and oxygen atoms in total. The second-order valence-corrected chi connectivity index (χ2v) is 3.74. The molecule has 1 aromatic rings. The zero-order valence-corrected chi connectivity index (χ0v) is 7.68. The van der Waals surface area contributed by atoms with Crippen LogP contribution in [0, 0.1) is 5.92 Å². The van der Waals surface area contributed by atoms with E-state index in [4.69, 9.17) is 0 Å². The van der Waals surface area contributed by atoms with Crippen molar-refractivity contribution in [2.24, 2.45) is 5.92 Å². The van der Waals surface area contributed by atoms with Crippen LogP contribution in [0.25, 0.3) is 0 Å². The molecule has 0 aromatic carbocycles. The largest absolute Gasteiger partial charge is 0.297 e. The molecule has 0 bridgehead atoms. The molecule has 1 aliphatic carbocycles. The summed E-state index contributed by atoms with van der Waals surface area (Å²) in [6.07, 6.45) is 5.71. The number of nitrogens with zero attached hydrogens (tertiary/aromatic N) is 3. The smallest absolute Gasteiger partial charge is 0.157 e. The maximum atomic E-state index is 11.5. The van der Waals surface area contributed by atoms with E-state index in [0.717, 1.165) is 12.8 Å². The number of hydrogen-bond acceptors (Lipinski definition) is 3. The van der Waals surface area contributed by atoms with Crippen LogP contribution in [-0.2, 0) is 4.79 Å². The van der Waals surface area contributed by atoms with E-state index >= 15 is 0 Å². The average molecular weight is 179 g/mol. The summed E-state index contributed by atoms with van der Waals surface area (Å²) in [6, 6.07) is -0.0637. The second kappa shape index (κ2) is 3.28. The molecule has 0 amide bonds. The third-order valence-corrected chi connectivity index (χ3v) is 2.64. The fraction of sp³-hybridized carbons (Fsp3) is 0.667. The molecule has 2 rings (SSSR count). The third kappa shape index (κ3) is 1.61. The second-order valence-electron chi connectivity index (χ2n) is 3.74. The Morgan fingerprint density at radius 1 is 1.62 bits per heavy atom. The van der Waals surface area contributed by atoms with Crippen LogP contribution in [0.3, 0.4) is 0 Å². The molecule has 0 saturated heterocycles. The monoisotopic (exact) mass is 179 g/mol. The molecule has 0 radical (unpaired) electrons. The van der Waals surface area contributed by atoms with Gasteiger partial charge in [0, 0.05) is 6.42 Å². The number of hydrogen-bond donors (Lipinski definition) is 0. The van der Waals surface area contributed by atoms with Crippen molar-refractivity contribution in [1.82, 2.24) is 14.8 Å². The van der Waals surface area contributed by atoms with Crippen molar-refractivity contribution in [2.75, 3.05) is 0 Å². The number of rotatable bonds is 1. The highest BCUT2D eigenvalue weighted by atomic mass is 16.1. The van der Waals surface area contributed by atoms with Gasteiger partial charge >= 0.3 is 0 Å². The number of Topliss-reactive ketones (excluding diaryl/α,β-unsaturated/α-hetero) is 1. The van der Waals surface area contributed by atoms with Crippen LogP contribution in [0.5, 0.6) is 0 Å². The molecular formula is C9H13N3O. The molecule has 1 aliphatic rings. The van der Waals surface area contributed by atoms with Crippen molar-refractivity contribution < 1.29 is 4.79 Å². The Balaban J connectivity index is 2.17. The SMILES string of the molecule is C[C@@H]1CCC(=O)[C@@H](n2cncn2)C1. The minimum atomic E-state index is -0.0637. The molecular weight excluding hydrogens is 166 g/mol. The quantitative estimate of drug-likeness (QED) is 0.651. The fourth-order valence-electron chi connectivity index (χ4n) is 1.82. The normalized spacial score (nSPS) is 29.2. The van der Waals surface area contributed by atoms with Gasteiger partial charge in [-0.2, -0.15) is 5.10 Å². The zero-order valence-electron chi connectivity index (χ0n) is 7.68. The van der Waals surface area contributed by atoms with Crippen molar-refractivity contribution in [3.63, 3.8) is 0 Å². The van der Waals surface area contributed by atoms with Gasteiger partial charge in [-0.15, -0.1) is 0 Å². The Bertz CT molecular complexity index is 294. The van der Waals surface area contributed by atoms with Crippen molar-refractivity contribution in [2.45, 2.75) is 32.2 Å². The lowest BCUT2D eigenvalue weighted by molar-refractivity contribution is -0.125. The Hall–Kier alpha value is -1.19. The summed E-state index contributed by atoms with van der Waals surface area (Å²) in [7, 11) is 0. The molecule has 0 spiro atoms. The summed E-state index contributed by atoms with van der Waals surface area (Å²) in [5.41, 5.74) is 0. The van der Waals surface area contributed by atoms with E-state index in [1.807, 2.05) is 0 Å². The highest BCUT2D eigenvalue weighted by molar-refractivity contribution is 5.83. The first-order valence-corrected chi connectivity index (χ1v) is 4.64. The summed E-state index contributed by atoms with van der Waals surface area (Å²) in [5.74, 6) is 0.913. The van der Waals surface area contributed by atoms with E-state index in [2.05, 4.69) is 17.0 Å². The van der Waals surface area contributed by atoms with Crippen molar-refractivity contribution >= 4 is 5.78 Å². The van der Waals surface area contributed by atoms with Crippen LogP contribution >= 0.6 is 0 Å². The van der Waals surface area contributed by atoms with Crippen LogP contribution in [0.1, 0.15) is 32.2 Å². The van der Waals surface area contributed by atoms with Gasteiger partial charge in [-0.25, -0.2) is 9.67 Å². The molecule has 0 N–H and O–H groups in total. The van der Waals surface area contributed by atoms with Gasteiger partial charge in [-0.05, 0) is 18.8 Å². The number of aromatic nitrogens is 3. The Morgan fingerprint density at radius 3 is 3.15 bits per heavy atom. The van der Waals surface area contributed by atoms with E-state index in [9.17, 15) is 4.79 Å². The summed E-state index contributed by atoms with van der Waals surface area (Å²) < 4.78 is 1.68. The Labute approximate surface area is 77.0 Å². The molecule has 13 heavy (non-hydrogen) atoms. The van der Waals surface area contributed by atoms with Gasteiger partial charge in [-0.3, -0.25) is 4.79 Å². The number of carbonyl (C=O) groups is 1. The van der Waals surface area contributed by atoms with E-state index in [0.29, 0.717) is 18.1 Å². The lowest BCUT2D eigenvalue weighted by atomic mass is 9.86. The maximum Gasteiger partial charge on any atom is 0.157 e. The summed E-state index contributed by atoms with van der Waals surface area (Å²) in [4.78, 5) is 15.4. The molecule has 1 aromatic heterocycles. The van der Waals surface area contributed by atoms with Crippen LogP contribution in [0.2, 0.25) is 0 Å². The zero-order chi connectivity index (χ0) is 9.26. The first-order valence-electron chi connectivity index (χ1n) is 4.64. The van der Waals surface area contributed by atoms with Crippen LogP contribution < -0.4 is 0 Å². The summed E-state index contributed by atoms with van der Waals surface area (Å²) in [6.45, 7) is 2.18. The lowest BCUT2D eigenvalue weighted by Gasteiger charge is -2.25. The molecule has 1 heterocycles. The minimum Gasteiger partial charge on any atom is -0.297 e. The molecule has 0 aliphatic heterocycles. The van der Waals surface area contributed by atoms with Crippen LogP contribution in [-0.4, -0.2) is 20.5 Å². The van der Waals surface area contributed by atoms with Crippen molar-refractivity contribution in [3.8, 4) is 0 Å². The summed E-state index contributed by atoms with van der Waals surface area (Å²) in [5, 5.41) is 4.01. The predicted octanol–water partition coefficient (Wildman–Crippen LogP) is 1.21. The Kier molecular flexibility index (Phi) is 2.12. The van der Waals surface area contributed by atoms with Gasteiger partial charge in [0.05, 0.1) is 0 Å². The first-order chi connectivity index (χ1) is 6.27. The predicted molar refractivity (Wildman–Crippen MR) is 47.1 cm³/mol. The topological polar surface area (TPSA) is 47.8 Å². The summed E-state index contributed by atoms with van der Waals surface area (Å²) >= 11 is 0. The van der Waals surface area contributed by atoms with E-state index in [1.165, 1.54) is 6.33 Å². The Morgan fingerprint density at radius 2 is 2.46 bits per heavy atom. The lowest BCUT2D eigenvalue weighted by Crippen LogP contribution is -2.27. The van der Waals surface area contributed by atoms with Gasteiger partial charge in [0.25, 0.3) is 0 Å². The van der Waals surface area contributed by atoms with Crippen LogP contribution in [0.15, 0.2) is 12.7 Å². The van der Waals surface area contributed by atoms with Gasteiger partial charge < -0.3 is 0 Å². The number of carbonyl (C=O) groups excluding carboxylic acids is 1. The van der Waals surface area contributed by atoms with Crippen molar-refractivity contribution in [1.29, 1.82) is 0 Å². The molecule has 4 heteroatoms. The van der Waals surface area contributed by atoms with E-state index in [-0.39, 0.29) is 6.04 Å². The van der Waals surface area contributed by atoms with Gasteiger partial charge in [-0.1, -0.05) is 6.92 Å². The standard InChI is InChI=1S/C9H13N3O/c1-7-2-3-9(13)8(4-7)12-6-10-5-11-12/h5-8H,2-4H2,1H3/t7-,8+/m1/s1. The van der Waals surface area contributed by atoms with E-state index < -0.39 is 0 Å². The third-order valence-electron chi connectivity index (χ3n) is 2.64.